The molecule has 1 amide bonds. The predicted molar refractivity (Wildman–Crippen MR) is 88.1 cm³/mol. The minimum Gasteiger partial charge on any atom is -0.358 e. The van der Waals surface area contributed by atoms with Gasteiger partial charge in [0.05, 0.1) is 17.4 Å². The zero-order chi connectivity index (χ0) is 18.3. The van der Waals surface area contributed by atoms with Crippen molar-refractivity contribution in [3.8, 4) is 0 Å². The Kier molecular flexibility index (Phi) is 4.17. The maximum absolute atomic E-state index is 12.4. The topological polar surface area (TPSA) is 129 Å². The van der Waals surface area contributed by atoms with Gasteiger partial charge in [0.25, 0.3) is 0 Å². The van der Waals surface area contributed by atoms with Crippen LogP contribution in [0.5, 0.6) is 0 Å². The molecule has 2 aromatic heterocycles. The van der Waals surface area contributed by atoms with Gasteiger partial charge >= 0.3 is 17.6 Å². The second-order valence-corrected chi connectivity index (χ2v) is 7.25. The molecule has 2 aliphatic carbocycles. The van der Waals surface area contributed by atoms with E-state index < -0.39 is 4.92 Å². The number of hydrogen-bond donors (Lipinski definition) is 1. The number of nitrogens with zero attached hydrogens (tertiary/aromatic N) is 5. The highest BCUT2D eigenvalue weighted by atomic mass is 16.6. The van der Waals surface area contributed by atoms with Gasteiger partial charge < -0.3 is 20.0 Å². The van der Waals surface area contributed by atoms with Crippen molar-refractivity contribution in [2.45, 2.75) is 45.2 Å². The Morgan fingerprint density at radius 3 is 3.00 bits per heavy atom. The van der Waals surface area contributed by atoms with Gasteiger partial charge in [0, 0.05) is 6.04 Å². The predicted octanol–water partition coefficient (Wildman–Crippen LogP) is 1.78. The summed E-state index contributed by atoms with van der Waals surface area (Å²) in [5, 5.41) is 21.1. The van der Waals surface area contributed by atoms with E-state index in [2.05, 4.69) is 20.6 Å². The summed E-state index contributed by atoms with van der Waals surface area (Å²) in [4.78, 5) is 26.5. The van der Waals surface area contributed by atoms with Crippen LogP contribution in [0.3, 0.4) is 0 Å². The molecule has 2 bridgehead atoms. The Morgan fingerprint density at radius 1 is 1.50 bits per heavy atom. The average Bonchev–Trinajstić information content (AvgIpc) is 3.39. The van der Waals surface area contributed by atoms with Gasteiger partial charge in [0.1, 0.15) is 6.54 Å². The number of hydrogen-bond acceptors (Lipinski definition) is 7. The number of nitrogens with one attached hydrogen (secondary N) is 1. The number of carbonyl (C=O) groups is 1. The molecule has 2 saturated carbocycles. The fraction of sp³-hybridized carbons (Fsp3) is 0.625. The molecule has 0 aliphatic heterocycles. The van der Waals surface area contributed by atoms with E-state index in [1.165, 1.54) is 42.6 Å². The van der Waals surface area contributed by atoms with Crippen molar-refractivity contribution in [3.05, 3.63) is 34.1 Å². The van der Waals surface area contributed by atoms with E-state index in [9.17, 15) is 14.9 Å². The van der Waals surface area contributed by atoms with E-state index >= 15 is 0 Å². The number of rotatable bonds is 6. The quantitative estimate of drug-likeness (QED) is 0.614. The monoisotopic (exact) mass is 360 g/mol. The molecule has 2 aliphatic rings. The van der Waals surface area contributed by atoms with Gasteiger partial charge in [0.2, 0.25) is 0 Å². The summed E-state index contributed by atoms with van der Waals surface area (Å²) in [5.41, 5.74) is 0. The highest BCUT2D eigenvalue weighted by molar-refractivity contribution is 5.89. The second-order valence-electron chi connectivity index (χ2n) is 7.25. The fourth-order valence-electron chi connectivity index (χ4n) is 4.37. The number of aromatic nitrogens is 4. The minimum atomic E-state index is -0.581. The summed E-state index contributed by atoms with van der Waals surface area (Å²) in [5.74, 6) is 1.54. The van der Waals surface area contributed by atoms with E-state index in [0.717, 1.165) is 5.92 Å². The highest BCUT2D eigenvalue weighted by Crippen LogP contribution is 2.49. The molecule has 10 nitrogen and oxygen atoms in total. The Balaban J connectivity index is 1.36. The third-order valence-electron chi connectivity index (χ3n) is 5.57. The van der Waals surface area contributed by atoms with Crippen LogP contribution in [0.2, 0.25) is 0 Å². The van der Waals surface area contributed by atoms with Crippen molar-refractivity contribution in [3.63, 3.8) is 0 Å². The third-order valence-corrected chi connectivity index (χ3v) is 5.57. The summed E-state index contributed by atoms with van der Waals surface area (Å²) < 4.78 is 6.35. The van der Waals surface area contributed by atoms with Crippen LogP contribution in [-0.2, 0) is 6.54 Å². The van der Waals surface area contributed by atoms with Crippen LogP contribution in [0, 0.1) is 27.9 Å². The Morgan fingerprint density at radius 2 is 2.35 bits per heavy atom. The van der Waals surface area contributed by atoms with E-state index in [0.29, 0.717) is 11.8 Å². The van der Waals surface area contributed by atoms with Gasteiger partial charge in [-0.15, -0.1) is 0 Å². The smallest absolute Gasteiger partial charge is 0.358 e. The lowest BCUT2D eigenvalue weighted by molar-refractivity contribution is -0.389. The average molecular weight is 360 g/mol. The molecule has 4 atom stereocenters. The van der Waals surface area contributed by atoms with Crippen molar-refractivity contribution in [1.29, 1.82) is 0 Å². The molecule has 138 valence electrons. The first-order valence-electron chi connectivity index (χ1n) is 8.81. The van der Waals surface area contributed by atoms with Crippen molar-refractivity contribution in [2.24, 2.45) is 17.8 Å². The van der Waals surface area contributed by atoms with Gasteiger partial charge in [-0.2, -0.15) is 9.67 Å². The normalized spacial score (nSPS) is 25.3. The van der Waals surface area contributed by atoms with Crippen LogP contribution < -0.4 is 5.32 Å². The largest absolute Gasteiger partial charge is 0.389 e. The molecule has 2 aromatic rings. The van der Waals surface area contributed by atoms with E-state index in [1.807, 2.05) is 6.92 Å². The third kappa shape index (κ3) is 3.18. The minimum absolute atomic E-state index is 0.0712. The first-order valence-corrected chi connectivity index (χ1v) is 8.81. The molecule has 0 unspecified atom stereocenters. The Hall–Kier alpha value is -2.78. The maximum atomic E-state index is 12.4. The summed E-state index contributed by atoms with van der Waals surface area (Å²) in [6.45, 7) is 2.12. The van der Waals surface area contributed by atoms with Crippen LogP contribution in [-0.4, -0.2) is 36.8 Å². The first-order chi connectivity index (χ1) is 12.5. The van der Waals surface area contributed by atoms with Crippen LogP contribution in [0.15, 0.2) is 16.8 Å². The molecule has 1 N–H and O–H groups in total. The number of nitro groups is 1. The van der Waals surface area contributed by atoms with Crippen molar-refractivity contribution >= 4 is 11.7 Å². The molecular weight excluding hydrogens is 340 g/mol. The zero-order valence-electron chi connectivity index (χ0n) is 14.4. The van der Waals surface area contributed by atoms with E-state index in [-0.39, 0.29) is 36.0 Å². The number of amides is 1. The molecule has 0 spiro atoms. The lowest BCUT2D eigenvalue weighted by Gasteiger charge is -2.28. The van der Waals surface area contributed by atoms with Crippen molar-refractivity contribution in [2.75, 3.05) is 0 Å². The van der Waals surface area contributed by atoms with Gasteiger partial charge in [-0.25, -0.2) is 0 Å². The van der Waals surface area contributed by atoms with Crippen LogP contribution in [0.25, 0.3) is 0 Å². The first kappa shape index (κ1) is 16.7. The second kappa shape index (κ2) is 6.50. The summed E-state index contributed by atoms with van der Waals surface area (Å²) >= 11 is 0. The van der Waals surface area contributed by atoms with Gasteiger partial charge in [0.15, 0.2) is 5.82 Å². The van der Waals surface area contributed by atoms with Crippen LogP contribution >= 0.6 is 0 Å². The molecule has 4 rings (SSSR count). The Bertz CT molecular complexity index is 830. The molecule has 10 heteroatoms. The molecule has 2 fully saturated rings. The SMILES string of the molecule is C[C@H](NC(=O)c1nc(Cn2ccc([N+](=O)[O-])n2)no1)[C@H]1C[C@H]2CC[C@H]1C2. The lowest BCUT2D eigenvalue weighted by atomic mass is 9.84. The summed E-state index contributed by atoms with van der Waals surface area (Å²) in [6, 6.07) is 1.35. The molecule has 0 radical (unpaired) electrons. The van der Waals surface area contributed by atoms with Crippen molar-refractivity contribution < 1.29 is 14.2 Å². The molecule has 0 aromatic carbocycles. The van der Waals surface area contributed by atoms with Gasteiger partial charge in [-0.1, -0.05) is 11.6 Å². The summed E-state index contributed by atoms with van der Waals surface area (Å²) in [6.07, 6.45) is 6.49. The Labute approximate surface area is 149 Å². The maximum Gasteiger partial charge on any atom is 0.389 e. The van der Waals surface area contributed by atoms with E-state index in [1.54, 1.807) is 0 Å². The van der Waals surface area contributed by atoms with Crippen molar-refractivity contribution in [1.82, 2.24) is 25.2 Å². The zero-order valence-corrected chi connectivity index (χ0v) is 14.4. The molecule has 0 saturated heterocycles. The number of fused-ring (bicyclic) bond motifs is 2. The van der Waals surface area contributed by atoms with Gasteiger partial charge in [-0.3, -0.25) is 4.79 Å². The molecular formula is C16H20N6O4. The standard InChI is InChI=1S/C16H20N6O4/c1-9(12-7-10-2-3-11(12)6-10)17-15(23)16-18-13(20-26-16)8-21-5-4-14(19-21)22(24)25/h4-5,9-12H,2-3,6-8H2,1H3,(H,17,23)/t9-,10-,11-,12+/m0/s1. The lowest BCUT2D eigenvalue weighted by Crippen LogP contribution is -2.40. The molecule has 26 heavy (non-hydrogen) atoms. The highest BCUT2D eigenvalue weighted by Gasteiger charge is 2.42. The summed E-state index contributed by atoms with van der Waals surface area (Å²) in [7, 11) is 0. The van der Waals surface area contributed by atoms with Gasteiger partial charge in [-0.05, 0) is 48.9 Å². The fourth-order valence-corrected chi connectivity index (χ4v) is 4.37. The number of carbonyl (C=O) groups excluding carboxylic acids is 1. The van der Waals surface area contributed by atoms with E-state index in [4.69, 9.17) is 4.52 Å². The molecule has 2 heterocycles. The van der Waals surface area contributed by atoms with Crippen LogP contribution in [0.1, 0.15) is 49.1 Å². The van der Waals surface area contributed by atoms with Crippen LogP contribution in [0.4, 0.5) is 5.82 Å².